The molecule has 33 heavy (non-hydrogen) atoms. The summed E-state index contributed by atoms with van der Waals surface area (Å²) in [7, 11) is 0. The van der Waals surface area contributed by atoms with Crippen molar-refractivity contribution in [3.05, 3.63) is 75.1 Å². The summed E-state index contributed by atoms with van der Waals surface area (Å²) >= 11 is 0. The lowest BCUT2D eigenvalue weighted by atomic mass is 10.1. The number of hydrogen-bond acceptors (Lipinski definition) is 5. The molecule has 0 radical (unpaired) electrons. The number of fused-ring (bicyclic) bond motifs is 1. The first-order valence-corrected chi connectivity index (χ1v) is 11.3. The summed E-state index contributed by atoms with van der Waals surface area (Å²) in [6, 6.07) is 13.6. The van der Waals surface area contributed by atoms with E-state index in [0.717, 1.165) is 39.6 Å². The first-order valence-electron chi connectivity index (χ1n) is 11.3. The first kappa shape index (κ1) is 25.8. The quantitative estimate of drug-likeness (QED) is 0.385. The van der Waals surface area contributed by atoms with Crippen molar-refractivity contribution in [1.29, 1.82) is 0 Å². The van der Waals surface area contributed by atoms with Crippen molar-refractivity contribution in [1.82, 2.24) is 4.57 Å². The van der Waals surface area contributed by atoms with Gasteiger partial charge in [-0.25, -0.2) is 4.79 Å². The molecular formula is C27H34N2O4. The van der Waals surface area contributed by atoms with Crippen molar-refractivity contribution in [2.75, 3.05) is 11.9 Å². The van der Waals surface area contributed by atoms with E-state index in [2.05, 4.69) is 19.2 Å². The van der Waals surface area contributed by atoms with Crippen molar-refractivity contribution in [3.8, 4) is 0 Å². The third-order valence-corrected chi connectivity index (χ3v) is 5.20. The molecule has 0 fully saturated rings. The Kier molecular flexibility index (Phi) is 8.97. The smallest absolute Gasteiger partial charge is 0.343 e. The van der Waals surface area contributed by atoms with Crippen molar-refractivity contribution in [2.45, 2.75) is 60.5 Å². The molecule has 0 aliphatic heterocycles. The Morgan fingerprint density at radius 1 is 1.06 bits per heavy atom. The summed E-state index contributed by atoms with van der Waals surface area (Å²) in [5.74, 6) is -0.558. The van der Waals surface area contributed by atoms with Crippen LogP contribution in [-0.4, -0.2) is 29.5 Å². The Balaban J connectivity index is 0.000000257. The molecule has 3 aromatic rings. The van der Waals surface area contributed by atoms with Crippen LogP contribution in [0.25, 0.3) is 10.9 Å². The van der Waals surface area contributed by atoms with Gasteiger partial charge in [0, 0.05) is 28.7 Å². The second-order valence-corrected chi connectivity index (χ2v) is 8.51. The summed E-state index contributed by atoms with van der Waals surface area (Å²) in [5.41, 5.74) is 4.38. The van der Waals surface area contributed by atoms with Gasteiger partial charge in [0.15, 0.2) is 6.29 Å². The highest BCUT2D eigenvalue weighted by Gasteiger charge is 2.18. The minimum atomic E-state index is -0.558. The number of nitrogens with one attached hydrogen (secondary N) is 1. The number of carbonyl (C=O) groups excluding carboxylic acids is 2. The second kappa shape index (κ2) is 11.5. The summed E-state index contributed by atoms with van der Waals surface area (Å²) in [6.07, 6.45) is 0.903. The molecule has 0 spiro atoms. The molecule has 1 N–H and O–H groups in total. The van der Waals surface area contributed by atoms with Gasteiger partial charge in [0.25, 0.3) is 5.56 Å². The highest BCUT2D eigenvalue weighted by atomic mass is 16.5. The lowest BCUT2D eigenvalue weighted by Crippen LogP contribution is -2.29. The van der Waals surface area contributed by atoms with Crippen LogP contribution in [0.1, 0.15) is 72.5 Å². The van der Waals surface area contributed by atoms with Crippen LogP contribution in [0.4, 0.5) is 5.69 Å². The van der Waals surface area contributed by atoms with Crippen LogP contribution in [-0.2, 0) is 4.74 Å². The third kappa shape index (κ3) is 6.09. The summed E-state index contributed by atoms with van der Waals surface area (Å²) in [5, 5.41) is 4.14. The van der Waals surface area contributed by atoms with Crippen LogP contribution < -0.4 is 10.9 Å². The molecule has 0 unspecified atom stereocenters. The number of nitrogens with zero attached hydrogens (tertiary/aromatic N) is 1. The van der Waals surface area contributed by atoms with E-state index in [9.17, 15) is 14.4 Å². The van der Waals surface area contributed by atoms with Gasteiger partial charge in [0.1, 0.15) is 5.56 Å². The van der Waals surface area contributed by atoms with Crippen LogP contribution in [0.15, 0.2) is 47.3 Å². The molecule has 176 valence electrons. The van der Waals surface area contributed by atoms with E-state index in [1.54, 1.807) is 17.6 Å². The Morgan fingerprint density at radius 3 is 2.27 bits per heavy atom. The SMILES string of the molecule is CCOC(=O)c1cc2c(C)cccc2n(C(C)C)c1=O.Cc1cccc(NC(C)C)c1C=O. The number of rotatable bonds is 6. The number of carbonyl (C=O) groups is 2. The zero-order valence-corrected chi connectivity index (χ0v) is 20.6. The van der Waals surface area contributed by atoms with Crippen molar-refractivity contribution in [2.24, 2.45) is 0 Å². The normalized spacial score (nSPS) is 10.7. The predicted octanol–water partition coefficient (Wildman–Crippen LogP) is 5.70. The van der Waals surface area contributed by atoms with Crippen molar-refractivity contribution >= 4 is 28.8 Å². The van der Waals surface area contributed by atoms with Gasteiger partial charge in [0.05, 0.1) is 12.1 Å². The van der Waals surface area contributed by atoms with E-state index >= 15 is 0 Å². The van der Waals surface area contributed by atoms with E-state index in [-0.39, 0.29) is 23.8 Å². The van der Waals surface area contributed by atoms with Gasteiger partial charge in [-0.15, -0.1) is 0 Å². The molecule has 0 saturated carbocycles. The highest BCUT2D eigenvalue weighted by molar-refractivity contribution is 5.94. The zero-order chi connectivity index (χ0) is 24.7. The maximum absolute atomic E-state index is 12.5. The number of pyridine rings is 1. The number of aldehydes is 1. The minimum absolute atomic E-state index is 0.0267. The van der Waals surface area contributed by atoms with E-state index in [1.807, 2.05) is 64.1 Å². The molecule has 0 amide bonds. The maximum atomic E-state index is 12.5. The van der Waals surface area contributed by atoms with Gasteiger partial charge in [-0.05, 0) is 77.8 Å². The average molecular weight is 451 g/mol. The molecule has 0 saturated heterocycles. The van der Waals surface area contributed by atoms with Crippen molar-refractivity contribution < 1.29 is 14.3 Å². The Bertz CT molecular complexity index is 1190. The molecule has 0 aliphatic carbocycles. The lowest BCUT2D eigenvalue weighted by Gasteiger charge is -2.16. The summed E-state index contributed by atoms with van der Waals surface area (Å²) in [4.78, 5) is 35.3. The summed E-state index contributed by atoms with van der Waals surface area (Å²) < 4.78 is 6.63. The fourth-order valence-corrected chi connectivity index (χ4v) is 3.65. The van der Waals surface area contributed by atoms with E-state index in [0.29, 0.717) is 6.04 Å². The third-order valence-electron chi connectivity index (χ3n) is 5.20. The van der Waals surface area contributed by atoms with Crippen LogP contribution in [0.3, 0.4) is 0 Å². The number of anilines is 1. The monoisotopic (exact) mass is 450 g/mol. The largest absolute Gasteiger partial charge is 0.462 e. The molecule has 2 aromatic carbocycles. The van der Waals surface area contributed by atoms with Gasteiger partial charge in [0.2, 0.25) is 0 Å². The molecular weight excluding hydrogens is 416 g/mol. The van der Waals surface area contributed by atoms with E-state index < -0.39 is 5.97 Å². The summed E-state index contributed by atoms with van der Waals surface area (Å²) in [6.45, 7) is 13.8. The maximum Gasteiger partial charge on any atom is 0.343 e. The molecule has 1 aromatic heterocycles. The van der Waals surface area contributed by atoms with Crippen LogP contribution in [0.2, 0.25) is 0 Å². The van der Waals surface area contributed by atoms with Crippen LogP contribution >= 0.6 is 0 Å². The second-order valence-electron chi connectivity index (χ2n) is 8.51. The molecule has 0 atom stereocenters. The van der Waals surface area contributed by atoms with E-state index in [4.69, 9.17) is 4.74 Å². The average Bonchev–Trinajstić information content (AvgIpc) is 2.73. The number of benzene rings is 2. The first-order chi connectivity index (χ1) is 15.6. The number of esters is 1. The molecule has 0 bridgehead atoms. The minimum Gasteiger partial charge on any atom is -0.462 e. The van der Waals surface area contributed by atoms with Gasteiger partial charge in [-0.1, -0.05) is 24.3 Å². The zero-order valence-electron chi connectivity index (χ0n) is 20.6. The highest BCUT2D eigenvalue weighted by Crippen LogP contribution is 2.21. The Morgan fingerprint density at radius 2 is 1.70 bits per heavy atom. The fraction of sp³-hybridized carbons (Fsp3) is 0.370. The molecule has 6 nitrogen and oxygen atoms in total. The van der Waals surface area contributed by atoms with Gasteiger partial charge in [-0.2, -0.15) is 0 Å². The van der Waals surface area contributed by atoms with Gasteiger partial charge < -0.3 is 14.6 Å². The molecule has 3 rings (SSSR count). The lowest BCUT2D eigenvalue weighted by molar-refractivity contribution is 0.0523. The van der Waals surface area contributed by atoms with Crippen LogP contribution in [0, 0.1) is 13.8 Å². The molecule has 6 heteroatoms. The van der Waals surface area contributed by atoms with Gasteiger partial charge in [-0.3, -0.25) is 9.59 Å². The topological polar surface area (TPSA) is 77.4 Å². The Labute approximate surface area is 195 Å². The number of aryl methyl sites for hydroxylation is 2. The number of ether oxygens (including phenoxy) is 1. The molecule has 1 heterocycles. The predicted molar refractivity (Wildman–Crippen MR) is 135 cm³/mol. The van der Waals surface area contributed by atoms with Crippen molar-refractivity contribution in [3.63, 3.8) is 0 Å². The van der Waals surface area contributed by atoms with E-state index in [1.165, 1.54) is 0 Å². The number of aromatic nitrogens is 1. The fourth-order valence-electron chi connectivity index (χ4n) is 3.65. The standard InChI is InChI=1S/C16H19NO3.C11H15NO/c1-5-20-16(19)13-9-12-11(4)7-6-8-14(12)17(10(2)3)15(13)18;1-8(2)12-11-6-4-5-9(3)10(11)7-13/h6-10H,5H2,1-4H3;4-8,12H,1-3H3. The van der Waals surface area contributed by atoms with Gasteiger partial charge >= 0.3 is 5.97 Å². The Hall–Kier alpha value is -3.41. The molecule has 0 aliphatic rings. The number of hydrogen-bond donors (Lipinski definition) is 1. The van der Waals surface area contributed by atoms with Crippen LogP contribution in [0.5, 0.6) is 0 Å².